The molecule has 15 heavy (non-hydrogen) atoms. The monoisotopic (exact) mass is 208 g/mol. The summed E-state index contributed by atoms with van der Waals surface area (Å²) in [5.41, 5.74) is 11.7. The number of carbonyl (C=O) groups excluding carboxylic acids is 1. The maximum atomic E-state index is 11.0. The van der Waals surface area contributed by atoms with Crippen molar-refractivity contribution in [1.29, 1.82) is 0 Å². The maximum Gasteiger partial charge on any atom is 0.314 e. The summed E-state index contributed by atoms with van der Waals surface area (Å²) in [6.07, 6.45) is 4.23. The Labute approximate surface area is 89.1 Å². The van der Waals surface area contributed by atoms with Gasteiger partial charge in [-0.25, -0.2) is 4.79 Å². The number of rotatable bonds is 5. The number of nitrogens with zero attached hydrogens (tertiary/aromatic N) is 2. The summed E-state index contributed by atoms with van der Waals surface area (Å²) in [4.78, 5) is 16.5. The molecule has 1 rings (SSSR count). The van der Waals surface area contributed by atoms with Gasteiger partial charge in [0.1, 0.15) is 0 Å². The quantitative estimate of drug-likeness (QED) is 0.712. The van der Waals surface area contributed by atoms with Crippen LogP contribution in [-0.2, 0) is 6.42 Å². The predicted octanol–water partition coefficient (Wildman–Crippen LogP) is -0.0365. The van der Waals surface area contributed by atoms with Gasteiger partial charge in [0.2, 0.25) is 0 Å². The Bertz CT molecular complexity index is 302. The zero-order valence-electron chi connectivity index (χ0n) is 8.60. The van der Waals surface area contributed by atoms with Crippen LogP contribution in [0.25, 0.3) is 0 Å². The topological polar surface area (TPSA) is 85.2 Å². The molecule has 5 nitrogen and oxygen atoms in total. The van der Waals surface area contributed by atoms with E-state index in [1.54, 1.807) is 17.3 Å². The summed E-state index contributed by atoms with van der Waals surface area (Å²) in [7, 11) is 0. The van der Waals surface area contributed by atoms with Crippen molar-refractivity contribution in [2.45, 2.75) is 6.42 Å². The second-order valence-corrected chi connectivity index (χ2v) is 3.22. The van der Waals surface area contributed by atoms with Gasteiger partial charge < -0.3 is 16.4 Å². The molecular formula is C10H16N4O. The highest BCUT2D eigenvalue weighted by molar-refractivity contribution is 5.71. The first kappa shape index (κ1) is 11.5. The molecule has 82 valence electrons. The summed E-state index contributed by atoms with van der Waals surface area (Å²) >= 11 is 0. The summed E-state index contributed by atoms with van der Waals surface area (Å²) in [6.45, 7) is 1.52. The minimum Gasteiger partial charge on any atom is -0.351 e. The fourth-order valence-electron chi connectivity index (χ4n) is 1.30. The van der Waals surface area contributed by atoms with Crippen LogP contribution in [0.4, 0.5) is 4.79 Å². The minimum atomic E-state index is -0.422. The summed E-state index contributed by atoms with van der Waals surface area (Å²) in [5, 5.41) is 0. The third kappa shape index (κ3) is 3.95. The molecule has 5 heteroatoms. The van der Waals surface area contributed by atoms with Gasteiger partial charge in [-0.15, -0.1) is 0 Å². The summed E-state index contributed by atoms with van der Waals surface area (Å²) < 4.78 is 0. The summed E-state index contributed by atoms with van der Waals surface area (Å²) in [5.74, 6) is 0. The van der Waals surface area contributed by atoms with Crippen LogP contribution in [0, 0.1) is 0 Å². The standard InChI is InChI=1S/C10H16N4O/c11-4-8-14(10(12)15)7-3-9-1-5-13-6-2-9/h1-2,5-6H,3-4,7-8,11H2,(H2,12,15). The molecule has 0 saturated carbocycles. The SMILES string of the molecule is NCCN(CCc1ccncc1)C(N)=O. The molecule has 0 saturated heterocycles. The lowest BCUT2D eigenvalue weighted by Crippen LogP contribution is -2.40. The van der Waals surface area contributed by atoms with Crippen molar-refractivity contribution in [2.24, 2.45) is 11.5 Å². The third-order valence-corrected chi connectivity index (χ3v) is 2.13. The lowest BCUT2D eigenvalue weighted by molar-refractivity contribution is 0.209. The van der Waals surface area contributed by atoms with E-state index in [0.29, 0.717) is 19.6 Å². The van der Waals surface area contributed by atoms with Crippen molar-refractivity contribution in [2.75, 3.05) is 19.6 Å². The minimum absolute atomic E-state index is 0.422. The van der Waals surface area contributed by atoms with E-state index in [-0.39, 0.29) is 0 Å². The average molecular weight is 208 g/mol. The first-order valence-corrected chi connectivity index (χ1v) is 4.87. The second-order valence-electron chi connectivity index (χ2n) is 3.22. The van der Waals surface area contributed by atoms with Crippen molar-refractivity contribution in [1.82, 2.24) is 9.88 Å². The maximum absolute atomic E-state index is 11.0. The van der Waals surface area contributed by atoms with E-state index >= 15 is 0 Å². The lowest BCUT2D eigenvalue weighted by Gasteiger charge is -2.19. The first-order valence-electron chi connectivity index (χ1n) is 4.87. The Morgan fingerprint density at radius 1 is 1.33 bits per heavy atom. The number of carbonyl (C=O) groups is 1. The van der Waals surface area contributed by atoms with Crippen molar-refractivity contribution in [3.8, 4) is 0 Å². The van der Waals surface area contributed by atoms with Crippen molar-refractivity contribution < 1.29 is 4.79 Å². The van der Waals surface area contributed by atoms with Crippen LogP contribution >= 0.6 is 0 Å². The number of hydrogen-bond donors (Lipinski definition) is 2. The van der Waals surface area contributed by atoms with E-state index in [2.05, 4.69) is 4.98 Å². The van der Waals surface area contributed by atoms with Crippen molar-refractivity contribution >= 4 is 6.03 Å². The smallest absolute Gasteiger partial charge is 0.314 e. The zero-order chi connectivity index (χ0) is 11.1. The number of aromatic nitrogens is 1. The molecule has 4 N–H and O–H groups in total. The first-order chi connectivity index (χ1) is 7.24. The Balaban J connectivity index is 2.43. The molecule has 2 amide bonds. The van der Waals surface area contributed by atoms with Gasteiger partial charge in [0.25, 0.3) is 0 Å². The van der Waals surface area contributed by atoms with Gasteiger partial charge in [0.05, 0.1) is 0 Å². The van der Waals surface area contributed by atoms with Crippen LogP contribution in [0.15, 0.2) is 24.5 Å². The number of urea groups is 1. The highest BCUT2D eigenvalue weighted by Crippen LogP contribution is 1.99. The molecule has 1 aromatic rings. The fraction of sp³-hybridized carbons (Fsp3) is 0.400. The molecule has 0 aliphatic rings. The largest absolute Gasteiger partial charge is 0.351 e. The zero-order valence-corrected chi connectivity index (χ0v) is 8.60. The van der Waals surface area contributed by atoms with Crippen LogP contribution in [0.3, 0.4) is 0 Å². The van der Waals surface area contributed by atoms with Crippen LogP contribution < -0.4 is 11.5 Å². The highest BCUT2D eigenvalue weighted by atomic mass is 16.2. The van der Waals surface area contributed by atoms with Gasteiger partial charge in [-0.2, -0.15) is 0 Å². The van der Waals surface area contributed by atoms with Crippen LogP contribution in [0.5, 0.6) is 0 Å². The normalized spacial score (nSPS) is 9.93. The van der Waals surface area contributed by atoms with E-state index in [0.717, 1.165) is 12.0 Å². The van der Waals surface area contributed by atoms with Gasteiger partial charge in [0, 0.05) is 32.0 Å². The molecule has 0 aliphatic carbocycles. The number of primary amides is 1. The molecule has 1 aromatic heterocycles. The van der Waals surface area contributed by atoms with Crippen LogP contribution in [0.1, 0.15) is 5.56 Å². The van der Waals surface area contributed by atoms with Gasteiger partial charge >= 0.3 is 6.03 Å². The second kappa shape index (κ2) is 5.98. The molecule has 0 bridgehead atoms. The number of pyridine rings is 1. The highest BCUT2D eigenvalue weighted by Gasteiger charge is 2.07. The molecule has 0 spiro atoms. The van der Waals surface area contributed by atoms with Crippen LogP contribution in [0.2, 0.25) is 0 Å². The lowest BCUT2D eigenvalue weighted by atomic mass is 10.2. The molecule has 0 fully saturated rings. The molecule has 1 heterocycles. The van der Waals surface area contributed by atoms with Gasteiger partial charge in [0.15, 0.2) is 0 Å². The molecular weight excluding hydrogens is 192 g/mol. The number of amides is 2. The van der Waals surface area contributed by atoms with Crippen molar-refractivity contribution in [3.63, 3.8) is 0 Å². The Morgan fingerprint density at radius 2 is 2.00 bits per heavy atom. The molecule has 0 aromatic carbocycles. The van der Waals surface area contributed by atoms with E-state index < -0.39 is 6.03 Å². The Morgan fingerprint density at radius 3 is 2.53 bits per heavy atom. The number of hydrogen-bond acceptors (Lipinski definition) is 3. The van der Waals surface area contributed by atoms with Crippen LogP contribution in [-0.4, -0.2) is 35.5 Å². The van der Waals surface area contributed by atoms with Gasteiger partial charge in [-0.1, -0.05) is 0 Å². The third-order valence-electron chi connectivity index (χ3n) is 2.13. The van der Waals surface area contributed by atoms with Gasteiger partial charge in [-0.3, -0.25) is 4.98 Å². The Hall–Kier alpha value is -1.62. The average Bonchev–Trinajstić information content (AvgIpc) is 2.25. The molecule has 0 radical (unpaired) electrons. The molecule has 0 aliphatic heterocycles. The molecule has 0 unspecified atom stereocenters. The Kier molecular flexibility index (Phi) is 4.56. The summed E-state index contributed by atoms with van der Waals surface area (Å²) in [6, 6.07) is 3.41. The van der Waals surface area contributed by atoms with E-state index in [1.807, 2.05) is 12.1 Å². The fourth-order valence-corrected chi connectivity index (χ4v) is 1.30. The van der Waals surface area contributed by atoms with E-state index in [4.69, 9.17) is 11.5 Å². The molecule has 0 atom stereocenters. The number of nitrogens with two attached hydrogens (primary N) is 2. The van der Waals surface area contributed by atoms with E-state index in [9.17, 15) is 4.79 Å². The van der Waals surface area contributed by atoms with Gasteiger partial charge in [-0.05, 0) is 24.1 Å². The van der Waals surface area contributed by atoms with Crippen molar-refractivity contribution in [3.05, 3.63) is 30.1 Å². The van der Waals surface area contributed by atoms with E-state index in [1.165, 1.54) is 0 Å². The predicted molar refractivity (Wildman–Crippen MR) is 58.2 cm³/mol.